The second-order valence-corrected chi connectivity index (χ2v) is 5.23. The minimum Gasteiger partial charge on any atom is -0.504 e. The number of aromatic hydroxyl groups is 1. The Labute approximate surface area is 146 Å². The van der Waals surface area contributed by atoms with Crippen LogP contribution in [-0.4, -0.2) is 37.5 Å². The summed E-state index contributed by atoms with van der Waals surface area (Å²) in [5.41, 5.74) is 3.66. The lowest BCUT2D eigenvalue weighted by atomic mass is 10.2. The van der Waals surface area contributed by atoms with E-state index >= 15 is 0 Å². The van der Waals surface area contributed by atoms with Gasteiger partial charge in [-0.05, 0) is 43.3 Å². The van der Waals surface area contributed by atoms with Crippen molar-refractivity contribution in [3.63, 3.8) is 0 Å². The fourth-order valence-corrected chi connectivity index (χ4v) is 2.07. The van der Waals surface area contributed by atoms with Crippen LogP contribution in [0.3, 0.4) is 0 Å². The second kappa shape index (κ2) is 8.58. The fourth-order valence-electron chi connectivity index (χ4n) is 2.07. The van der Waals surface area contributed by atoms with Crippen molar-refractivity contribution in [1.29, 1.82) is 0 Å². The zero-order chi connectivity index (χ0) is 18.2. The topological polar surface area (TPSA) is 92.2 Å². The Kier molecular flexibility index (Phi) is 6.22. The number of phenols is 1. The molecule has 1 atom stereocenters. The fraction of sp³-hybridized carbons (Fsp3) is 0.222. The van der Waals surface area contributed by atoms with Gasteiger partial charge in [-0.15, -0.1) is 0 Å². The smallest absolute Gasteiger partial charge is 0.262 e. The number of methoxy groups -OCH3 is 2. The molecular weight excluding hydrogens is 322 g/mol. The summed E-state index contributed by atoms with van der Waals surface area (Å²) in [5, 5.41) is 16.9. The van der Waals surface area contributed by atoms with E-state index < -0.39 is 6.04 Å². The molecule has 1 amide bonds. The molecule has 0 saturated heterocycles. The van der Waals surface area contributed by atoms with Gasteiger partial charge in [0.2, 0.25) is 0 Å². The van der Waals surface area contributed by atoms with E-state index in [0.29, 0.717) is 11.3 Å². The largest absolute Gasteiger partial charge is 0.504 e. The zero-order valence-corrected chi connectivity index (χ0v) is 14.3. The highest BCUT2D eigenvalue weighted by Crippen LogP contribution is 2.27. The summed E-state index contributed by atoms with van der Waals surface area (Å²) in [6.07, 6.45) is 1.36. The average molecular weight is 343 g/mol. The summed E-state index contributed by atoms with van der Waals surface area (Å²) in [6.45, 7) is 1.72. The number of hydrogen-bond donors (Lipinski definition) is 3. The first-order valence-electron chi connectivity index (χ1n) is 7.64. The lowest BCUT2D eigenvalue weighted by Crippen LogP contribution is -2.34. The van der Waals surface area contributed by atoms with Crippen molar-refractivity contribution < 1.29 is 19.4 Å². The number of para-hydroxylation sites is 1. The summed E-state index contributed by atoms with van der Waals surface area (Å²) in [6, 6.07) is 11.8. The number of carbonyl (C=O) groups is 1. The van der Waals surface area contributed by atoms with Gasteiger partial charge in [0, 0.05) is 11.3 Å². The SMILES string of the molecule is COc1ccc(N[C@H](C)C(=O)N/N=C\c2cccc(OC)c2O)cc1. The van der Waals surface area contributed by atoms with Crippen molar-refractivity contribution in [3.8, 4) is 17.2 Å². The Bertz CT molecular complexity index is 744. The Hall–Kier alpha value is -3.22. The number of phenolic OH excluding ortho intramolecular Hbond substituents is 1. The maximum Gasteiger partial charge on any atom is 0.262 e. The van der Waals surface area contributed by atoms with Crippen LogP contribution in [0.15, 0.2) is 47.6 Å². The van der Waals surface area contributed by atoms with Crippen molar-refractivity contribution in [1.82, 2.24) is 5.43 Å². The first-order valence-corrected chi connectivity index (χ1v) is 7.64. The molecule has 0 aliphatic rings. The van der Waals surface area contributed by atoms with Crippen molar-refractivity contribution in [2.75, 3.05) is 19.5 Å². The van der Waals surface area contributed by atoms with E-state index in [9.17, 15) is 9.90 Å². The minimum absolute atomic E-state index is 0.0348. The molecule has 0 bridgehead atoms. The molecule has 2 aromatic carbocycles. The number of anilines is 1. The quantitative estimate of drug-likeness (QED) is 0.530. The van der Waals surface area contributed by atoms with Gasteiger partial charge >= 0.3 is 0 Å². The van der Waals surface area contributed by atoms with E-state index in [-0.39, 0.29) is 11.7 Å². The van der Waals surface area contributed by atoms with Crippen molar-refractivity contribution >= 4 is 17.8 Å². The highest BCUT2D eigenvalue weighted by Gasteiger charge is 2.12. The molecule has 0 heterocycles. The van der Waals surface area contributed by atoms with Crippen molar-refractivity contribution in [3.05, 3.63) is 48.0 Å². The van der Waals surface area contributed by atoms with Crippen LogP contribution in [0.4, 0.5) is 5.69 Å². The average Bonchev–Trinajstić information content (AvgIpc) is 2.63. The van der Waals surface area contributed by atoms with Gasteiger partial charge in [0.05, 0.1) is 20.4 Å². The van der Waals surface area contributed by atoms with Gasteiger partial charge in [-0.25, -0.2) is 5.43 Å². The summed E-state index contributed by atoms with van der Waals surface area (Å²) in [5.74, 6) is 0.733. The first kappa shape index (κ1) is 18.1. The summed E-state index contributed by atoms with van der Waals surface area (Å²) < 4.78 is 10.1. The molecule has 0 aliphatic heterocycles. The molecule has 7 nitrogen and oxygen atoms in total. The van der Waals surface area contributed by atoms with Gasteiger partial charge in [0.1, 0.15) is 11.8 Å². The van der Waals surface area contributed by atoms with Crippen LogP contribution in [0.1, 0.15) is 12.5 Å². The van der Waals surface area contributed by atoms with Gasteiger partial charge in [-0.1, -0.05) is 6.07 Å². The summed E-state index contributed by atoms with van der Waals surface area (Å²) in [7, 11) is 3.06. The van der Waals surface area contributed by atoms with Crippen LogP contribution in [0.2, 0.25) is 0 Å². The Morgan fingerprint density at radius 1 is 1.16 bits per heavy atom. The maximum absolute atomic E-state index is 12.1. The monoisotopic (exact) mass is 343 g/mol. The highest BCUT2D eigenvalue weighted by molar-refractivity contribution is 5.88. The number of nitrogens with zero attached hydrogens (tertiary/aromatic N) is 1. The predicted octanol–water partition coefficient (Wildman–Crippen LogP) is 2.36. The molecule has 0 aromatic heterocycles. The van der Waals surface area contributed by atoms with Gasteiger partial charge in [-0.3, -0.25) is 4.79 Å². The molecule has 0 unspecified atom stereocenters. The number of ether oxygens (including phenoxy) is 2. The van der Waals surface area contributed by atoms with Crippen LogP contribution in [-0.2, 0) is 4.79 Å². The van der Waals surface area contributed by atoms with Crippen LogP contribution in [0.5, 0.6) is 17.2 Å². The molecule has 0 fully saturated rings. The third-order valence-electron chi connectivity index (χ3n) is 3.49. The number of amides is 1. The molecule has 0 radical (unpaired) electrons. The van der Waals surface area contributed by atoms with Crippen LogP contribution < -0.4 is 20.2 Å². The highest BCUT2D eigenvalue weighted by atomic mass is 16.5. The van der Waals surface area contributed by atoms with Crippen LogP contribution in [0, 0.1) is 0 Å². The lowest BCUT2D eigenvalue weighted by Gasteiger charge is -2.13. The lowest BCUT2D eigenvalue weighted by molar-refractivity contribution is -0.121. The van der Waals surface area contributed by atoms with E-state index in [4.69, 9.17) is 9.47 Å². The molecule has 25 heavy (non-hydrogen) atoms. The van der Waals surface area contributed by atoms with Crippen molar-refractivity contribution in [2.24, 2.45) is 5.10 Å². The molecule has 2 aromatic rings. The number of carbonyl (C=O) groups excluding carboxylic acids is 1. The molecule has 7 heteroatoms. The number of rotatable bonds is 7. The van der Waals surface area contributed by atoms with Gasteiger partial charge in [-0.2, -0.15) is 5.10 Å². The number of hydrazone groups is 1. The molecular formula is C18H21N3O4. The molecule has 0 saturated carbocycles. The van der Waals surface area contributed by atoms with E-state index in [2.05, 4.69) is 15.8 Å². The van der Waals surface area contributed by atoms with E-state index in [1.54, 1.807) is 44.4 Å². The zero-order valence-electron chi connectivity index (χ0n) is 14.3. The van der Waals surface area contributed by atoms with Crippen molar-refractivity contribution in [2.45, 2.75) is 13.0 Å². The molecule has 0 spiro atoms. The number of hydrogen-bond acceptors (Lipinski definition) is 6. The minimum atomic E-state index is -0.496. The van der Waals surface area contributed by atoms with Crippen LogP contribution in [0.25, 0.3) is 0 Å². The van der Waals surface area contributed by atoms with Crippen LogP contribution >= 0.6 is 0 Å². The maximum atomic E-state index is 12.1. The third-order valence-corrected chi connectivity index (χ3v) is 3.49. The molecule has 2 rings (SSSR count). The predicted molar refractivity (Wildman–Crippen MR) is 96.5 cm³/mol. The Morgan fingerprint density at radius 2 is 1.88 bits per heavy atom. The normalized spacial score (nSPS) is 11.8. The first-order chi connectivity index (χ1) is 12.0. The molecule has 3 N–H and O–H groups in total. The summed E-state index contributed by atoms with van der Waals surface area (Å²) >= 11 is 0. The molecule has 0 aliphatic carbocycles. The summed E-state index contributed by atoms with van der Waals surface area (Å²) in [4.78, 5) is 12.1. The van der Waals surface area contributed by atoms with E-state index in [1.165, 1.54) is 13.3 Å². The van der Waals surface area contributed by atoms with E-state index in [1.807, 2.05) is 12.1 Å². The van der Waals surface area contributed by atoms with Gasteiger partial charge in [0.15, 0.2) is 11.5 Å². The van der Waals surface area contributed by atoms with E-state index in [0.717, 1.165) is 11.4 Å². The second-order valence-electron chi connectivity index (χ2n) is 5.23. The standard InChI is InChI=1S/C18H21N3O4/c1-12(20-14-7-9-15(24-2)10-8-14)18(23)21-19-11-13-5-4-6-16(25-3)17(13)22/h4-12,20,22H,1-3H3,(H,21,23)/b19-11-/t12-/m1/s1. The third kappa shape index (κ3) is 4.87. The Balaban J connectivity index is 1.92. The van der Waals surface area contributed by atoms with Gasteiger partial charge in [0.25, 0.3) is 5.91 Å². The van der Waals surface area contributed by atoms with Gasteiger partial charge < -0.3 is 19.9 Å². The molecule has 132 valence electrons. The number of nitrogens with one attached hydrogen (secondary N) is 2. The number of benzene rings is 2. The Morgan fingerprint density at radius 3 is 2.52 bits per heavy atom.